The Morgan fingerprint density at radius 2 is 1.26 bits per heavy atom. The van der Waals surface area contributed by atoms with Crippen LogP contribution in [0.4, 0.5) is 4.39 Å². The van der Waals surface area contributed by atoms with Crippen LogP contribution in [0.25, 0.3) is 22.5 Å². The zero-order valence-corrected chi connectivity index (χ0v) is 27.9. The van der Waals surface area contributed by atoms with Crippen molar-refractivity contribution < 1.29 is 4.39 Å². The van der Waals surface area contributed by atoms with E-state index in [2.05, 4.69) is 41.4 Å². The van der Waals surface area contributed by atoms with Gasteiger partial charge in [-0.25, -0.2) is 19.3 Å². The van der Waals surface area contributed by atoms with Crippen molar-refractivity contribution >= 4 is 39.5 Å². The summed E-state index contributed by atoms with van der Waals surface area (Å²) in [4.78, 5) is 35.5. The van der Waals surface area contributed by atoms with Crippen molar-refractivity contribution in [3.05, 3.63) is 156 Å². The van der Waals surface area contributed by atoms with Gasteiger partial charge < -0.3 is 0 Å². The van der Waals surface area contributed by atoms with Gasteiger partial charge in [-0.15, -0.1) is 23.5 Å². The van der Waals surface area contributed by atoms with Crippen molar-refractivity contribution in [2.24, 2.45) is 0 Å². The number of hydrogen-bond donors (Lipinski definition) is 2. The average Bonchev–Trinajstić information content (AvgIpc) is 3.08. The number of hydrogen-bond acceptors (Lipinski definition) is 8. The second-order valence-corrected chi connectivity index (χ2v) is 11.9. The van der Waals surface area contributed by atoms with Crippen LogP contribution in [-0.4, -0.2) is 42.7 Å². The molecule has 6 aromatic rings. The molecule has 0 aliphatic heterocycles. The Morgan fingerprint density at radius 3 is 1.76 bits per heavy atom. The molecule has 0 aliphatic carbocycles. The number of aromatic nitrogens is 6. The molecule has 13 heteroatoms. The highest BCUT2D eigenvalue weighted by molar-refractivity contribution is 9.10. The summed E-state index contributed by atoms with van der Waals surface area (Å²) in [6.45, 7) is 0.243. The highest BCUT2D eigenvalue weighted by Crippen LogP contribution is 2.21. The standard InChI is InChI=1S/C18H15FN2OS.C11H10N2OS.C4H3BrN2O/c1-23-16-7-5-14(6-8-16)17-9-10-18(22)21(20-17)12-13-3-2-4-15(19)11-13;1-15-9-4-2-8(3-5-9)10-6-7-11(14)13-12-10;5-3-1-2-4(8)7-6-3/h2-11H,12H2,1H3;2-7H,1H3,(H,13,14);1-2H,(H,7,8). The molecule has 3 heterocycles. The summed E-state index contributed by atoms with van der Waals surface area (Å²) in [5.74, 6) is -0.320. The van der Waals surface area contributed by atoms with Crippen LogP contribution in [0.15, 0.2) is 138 Å². The minimum Gasteiger partial charge on any atom is -0.268 e. The maximum absolute atomic E-state index is 13.3. The van der Waals surface area contributed by atoms with Crippen LogP contribution in [0.3, 0.4) is 0 Å². The quantitative estimate of drug-likeness (QED) is 0.187. The summed E-state index contributed by atoms with van der Waals surface area (Å²) in [7, 11) is 0. The van der Waals surface area contributed by atoms with E-state index >= 15 is 0 Å². The lowest BCUT2D eigenvalue weighted by Crippen LogP contribution is -2.22. The first-order valence-electron chi connectivity index (χ1n) is 13.6. The van der Waals surface area contributed by atoms with Crippen molar-refractivity contribution in [2.75, 3.05) is 12.5 Å². The lowest BCUT2D eigenvalue weighted by Gasteiger charge is -2.08. The molecule has 3 aromatic heterocycles. The first-order valence-corrected chi connectivity index (χ1v) is 16.9. The molecular formula is C33H28BrFN6O3S2. The van der Waals surface area contributed by atoms with Crippen molar-refractivity contribution in [2.45, 2.75) is 16.3 Å². The number of halogens is 2. The molecule has 2 N–H and O–H groups in total. The molecule has 0 radical (unpaired) electrons. The maximum atomic E-state index is 13.3. The van der Waals surface area contributed by atoms with E-state index in [-0.39, 0.29) is 29.0 Å². The molecule has 0 fully saturated rings. The van der Waals surface area contributed by atoms with Crippen LogP contribution >= 0.6 is 39.5 Å². The number of nitrogens with one attached hydrogen (secondary N) is 2. The summed E-state index contributed by atoms with van der Waals surface area (Å²) < 4.78 is 15.3. The van der Waals surface area contributed by atoms with Gasteiger partial charge in [-0.2, -0.15) is 15.3 Å². The summed E-state index contributed by atoms with van der Waals surface area (Å²) in [6, 6.07) is 31.6. The summed E-state index contributed by atoms with van der Waals surface area (Å²) >= 11 is 6.43. The maximum Gasteiger partial charge on any atom is 0.267 e. The Labute approximate surface area is 280 Å². The highest BCUT2D eigenvalue weighted by Gasteiger charge is 2.05. The Morgan fingerprint density at radius 1 is 0.696 bits per heavy atom. The third-order valence-corrected chi connectivity index (χ3v) is 8.11. The molecule has 3 aromatic carbocycles. The van der Waals surface area contributed by atoms with Crippen molar-refractivity contribution in [1.29, 1.82) is 0 Å². The van der Waals surface area contributed by atoms with E-state index in [1.54, 1.807) is 53.9 Å². The number of thioether (sulfide) groups is 2. The molecule has 234 valence electrons. The van der Waals surface area contributed by atoms with Gasteiger partial charge in [-0.1, -0.05) is 36.4 Å². The van der Waals surface area contributed by atoms with E-state index in [1.807, 2.05) is 61.0 Å². The second-order valence-electron chi connectivity index (χ2n) is 9.35. The number of H-pyrrole nitrogens is 2. The molecule has 0 saturated carbocycles. The molecule has 0 saturated heterocycles. The van der Waals surface area contributed by atoms with Gasteiger partial charge in [-0.05, 0) is 88.6 Å². The summed E-state index contributed by atoms with van der Waals surface area (Å²) in [5, 5.41) is 16.6. The summed E-state index contributed by atoms with van der Waals surface area (Å²) in [6.07, 6.45) is 4.06. The van der Waals surface area contributed by atoms with E-state index in [0.717, 1.165) is 16.8 Å². The van der Waals surface area contributed by atoms with Crippen molar-refractivity contribution in [3.8, 4) is 22.5 Å². The van der Waals surface area contributed by atoms with E-state index in [1.165, 1.54) is 44.8 Å². The third-order valence-electron chi connectivity index (χ3n) is 6.18. The van der Waals surface area contributed by atoms with E-state index in [4.69, 9.17) is 0 Å². The van der Waals surface area contributed by atoms with Gasteiger partial charge in [0.05, 0.1) is 17.9 Å². The molecular weight excluding hydrogens is 691 g/mol. The van der Waals surface area contributed by atoms with Crippen LogP contribution < -0.4 is 16.7 Å². The van der Waals surface area contributed by atoms with Crippen LogP contribution in [0.5, 0.6) is 0 Å². The Kier molecular flexibility index (Phi) is 12.8. The van der Waals surface area contributed by atoms with Crippen molar-refractivity contribution in [3.63, 3.8) is 0 Å². The fourth-order valence-electron chi connectivity index (χ4n) is 3.88. The number of nitrogens with zero attached hydrogens (tertiary/aromatic N) is 4. The van der Waals surface area contributed by atoms with E-state index < -0.39 is 0 Å². The van der Waals surface area contributed by atoms with E-state index in [0.29, 0.717) is 15.9 Å². The molecule has 9 nitrogen and oxygen atoms in total. The third kappa shape index (κ3) is 10.5. The van der Waals surface area contributed by atoms with Gasteiger partial charge >= 0.3 is 0 Å². The minimum absolute atomic E-state index is 0.181. The van der Waals surface area contributed by atoms with Gasteiger partial charge in [0, 0.05) is 39.1 Å². The monoisotopic (exact) mass is 718 g/mol. The molecule has 0 aliphatic rings. The molecule has 46 heavy (non-hydrogen) atoms. The normalized spacial score (nSPS) is 10.3. The predicted octanol–water partition coefficient (Wildman–Crippen LogP) is 6.51. The zero-order chi connectivity index (χ0) is 32.9. The largest absolute Gasteiger partial charge is 0.268 e. The van der Waals surface area contributed by atoms with Crippen LogP contribution in [0.2, 0.25) is 0 Å². The fraction of sp³-hybridized carbons (Fsp3) is 0.0909. The van der Waals surface area contributed by atoms with Crippen LogP contribution in [-0.2, 0) is 6.54 Å². The van der Waals surface area contributed by atoms with Crippen LogP contribution in [0.1, 0.15) is 5.56 Å². The molecule has 0 unspecified atom stereocenters. The van der Waals surface area contributed by atoms with Gasteiger partial charge in [0.1, 0.15) is 10.4 Å². The molecule has 0 spiro atoms. The minimum atomic E-state index is -0.320. The van der Waals surface area contributed by atoms with Gasteiger partial charge in [0.2, 0.25) is 0 Å². The number of rotatable bonds is 6. The van der Waals surface area contributed by atoms with Gasteiger partial charge in [-0.3, -0.25) is 14.4 Å². The zero-order valence-electron chi connectivity index (χ0n) is 24.7. The topological polar surface area (TPSA) is 126 Å². The molecule has 0 amide bonds. The molecule has 0 atom stereocenters. The van der Waals surface area contributed by atoms with E-state index in [9.17, 15) is 18.8 Å². The van der Waals surface area contributed by atoms with Crippen molar-refractivity contribution in [1.82, 2.24) is 30.2 Å². The Hall–Kier alpha value is -4.59. The average molecular weight is 720 g/mol. The molecule has 6 rings (SSSR count). The number of aromatic amines is 2. The first-order chi connectivity index (χ1) is 22.2. The Bertz CT molecular complexity index is 2010. The SMILES string of the molecule is CSc1ccc(-c2ccc(=O)[nH]n2)cc1.CSc1ccc(-c2ccc(=O)n(Cc3cccc(F)c3)n2)cc1.O=c1ccc(Br)n[nH]1. The van der Waals surface area contributed by atoms with Crippen LogP contribution in [0, 0.1) is 5.82 Å². The predicted molar refractivity (Wildman–Crippen MR) is 186 cm³/mol. The summed E-state index contributed by atoms with van der Waals surface area (Å²) in [5.41, 5.74) is 3.57. The number of benzene rings is 3. The fourth-order valence-corrected chi connectivity index (χ4v) is 4.92. The second kappa shape index (κ2) is 17.2. The lowest BCUT2D eigenvalue weighted by atomic mass is 10.1. The van der Waals surface area contributed by atoms with Gasteiger partial charge in [0.25, 0.3) is 16.7 Å². The first kappa shape index (κ1) is 34.3. The lowest BCUT2D eigenvalue weighted by molar-refractivity contribution is 0.612. The highest BCUT2D eigenvalue weighted by atomic mass is 79.9. The van der Waals surface area contributed by atoms with Gasteiger partial charge in [0.15, 0.2) is 0 Å². The smallest absolute Gasteiger partial charge is 0.267 e. The molecule has 0 bridgehead atoms. The Balaban J connectivity index is 0.000000178.